The summed E-state index contributed by atoms with van der Waals surface area (Å²) in [6.07, 6.45) is 6.04. The maximum absolute atomic E-state index is 4.24. The molecule has 0 unspecified atom stereocenters. The summed E-state index contributed by atoms with van der Waals surface area (Å²) in [5.74, 6) is 0.821. The van der Waals surface area contributed by atoms with E-state index in [1.807, 2.05) is 6.07 Å². The van der Waals surface area contributed by atoms with E-state index in [0.717, 1.165) is 19.0 Å². The monoisotopic (exact) mass is 192 g/mol. The first-order valence-electron chi connectivity index (χ1n) is 5.08. The van der Waals surface area contributed by atoms with E-state index in [4.69, 9.17) is 0 Å². The number of nitrogens with zero attached hydrogens (tertiary/aromatic N) is 3. The Labute approximate surface area is 84.4 Å². The summed E-state index contributed by atoms with van der Waals surface area (Å²) in [5.41, 5.74) is 0. The second kappa shape index (κ2) is 4.37. The molecule has 0 aliphatic carbocycles. The molecule has 1 aliphatic heterocycles. The molecule has 1 saturated heterocycles. The molecule has 0 aromatic carbocycles. The van der Waals surface area contributed by atoms with E-state index >= 15 is 0 Å². The molecule has 14 heavy (non-hydrogen) atoms. The highest BCUT2D eigenvalue weighted by atomic mass is 15.3. The van der Waals surface area contributed by atoms with Gasteiger partial charge in [-0.1, -0.05) is 0 Å². The molecular weight excluding hydrogens is 176 g/mol. The second-order valence-corrected chi connectivity index (χ2v) is 3.66. The third kappa shape index (κ3) is 2.01. The van der Waals surface area contributed by atoms with Crippen molar-refractivity contribution in [3.63, 3.8) is 0 Å². The summed E-state index contributed by atoms with van der Waals surface area (Å²) in [7, 11) is 2.06. The van der Waals surface area contributed by atoms with Gasteiger partial charge < -0.3 is 10.2 Å². The molecule has 0 radical (unpaired) electrons. The van der Waals surface area contributed by atoms with Gasteiger partial charge in [-0.05, 0) is 25.5 Å². The number of nitrogens with one attached hydrogen (secondary N) is 1. The lowest BCUT2D eigenvalue weighted by Gasteiger charge is -2.31. The van der Waals surface area contributed by atoms with Crippen LogP contribution < -0.4 is 10.2 Å². The molecular formula is C10H16N4. The van der Waals surface area contributed by atoms with Gasteiger partial charge in [0, 0.05) is 32.0 Å². The van der Waals surface area contributed by atoms with Gasteiger partial charge in [0.25, 0.3) is 0 Å². The van der Waals surface area contributed by atoms with Gasteiger partial charge in [-0.15, -0.1) is 0 Å². The number of rotatable bonds is 2. The van der Waals surface area contributed by atoms with E-state index < -0.39 is 0 Å². The van der Waals surface area contributed by atoms with Crippen LogP contribution >= 0.6 is 0 Å². The molecule has 0 saturated carbocycles. The van der Waals surface area contributed by atoms with Crippen LogP contribution in [0.4, 0.5) is 5.95 Å². The molecule has 4 heteroatoms. The SMILES string of the molecule is CN(c1ncccn1)[C@H]1CCCNC1. The second-order valence-electron chi connectivity index (χ2n) is 3.66. The third-order valence-corrected chi connectivity index (χ3v) is 2.69. The molecule has 1 fully saturated rings. The highest BCUT2D eigenvalue weighted by molar-refractivity contribution is 5.29. The van der Waals surface area contributed by atoms with Gasteiger partial charge in [0.2, 0.25) is 5.95 Å². The van der Waals surface area contributed by atoms with Crippen LogP contribution in [0.3, 0.4) is 0 Å². The van der Waals surface area contributed by atoms with Gasteiger partial charge in [0.15, 0.2) is 0 Å². The van der Waals surface area contributed by atoms with Gasteiger partial charge in [0.1, 0.15) is 0 Å². The van der Waals surface area contributed by atoms with Crippen molar-refractivity contribution in [3.05, 3.63) is 18.5 Å². The molecule has 0 amide bonds. The Hall–Kier alpha value is -1.16. The van der Waals surface area contributed by atoms with E-state index in [1.165, 1.54) is 12.8 Å². The Morgan fingerprint density at radius 1 is 1.43 bits per heavy atom. The summed E-state index contributed by atoms with van der Waals surface area (Å²) in [6.45, 7) is 2.18. The average Bonchev–Trinajstić information content (AvgIpc) is 2.30. The van der Waals surface area contributed by atoms with Gasteiger partial charge in [0.05, 0.1) is 0 Å². The number of likely N-dealkylation sites (N-methyl/N-ethyl adjacent to an activating group) is 1. The molecule has 0 spiro atoms. The van der Waals surface area contributed by atoms with Gasteiger partial charge in [-0.3, -0.25) is 0 Å². The molecule has 1 atom stereocenters. The van der Waals surface area contributed by atoms with Crippen LogP contribution in [0.5, 0.6) is 0 Å². The van der Waals surface area contributed by atoms with Crippen LogP contribution in [-0.4, -0.2) is 36.1 Å². The summed E-state index contributed by atoms with van der Waals surface area (Å²) in [6, 6.07) is 2.38. The Morgan fingerprint density at radius 3 is 2.86 bits per heavy atom. The van der Waals surface area contributed by atoms with E-state index in [9.17, 15) is 0 Å². The zero-order valence-electron chi connectivity index (χ0n) is 8.48. The first-order valence-corrected chi connectivity index (χ1v) is 5.08. The first-order chi connectivity index (χ1) is 6.88. The van der Waals surface area contributed by atoms with Crippen molar-refractivity contribution in [2.24, 2.45) is 0 Å². The van der Waals surface area contributed by atoms with Crippen molar-refractivity contribution in [2.75, 3.05) is 25.0 Å². The maximum atomic E-state index is 4.24. The van der Waals surface area contributed by atoms with Crippen LogP contribution in [0.1, 0.15) is 12.8 Å². The Balaban J connectivity index is 2.03. The van der Waals surface area contributed by atoms with Crippen molar-refractivity contribution in [1.29, 1.82) is 0 Å². The third-order valence-electron chi connectivity index (χ3n) is 2.69. The quantitative estimate of drug-likeness (QED) is 0.747. The molecule has 1 aromatic heterocycles. The topological polar surface area (TPSA) is 41.1 Å². The lowest BCUT2D eigenvalue weighted by Crippen LogP contribution is -2.44. The van der Waals surface area contributed by atoms with E-state index in [-0.39, 0.29) is 0 Å². The van der Waals surface area contributed by atoms with Gasteiger partial charge in [-0.25, -0.2) is 9.97 Å². The van der Waals surface area contributed by atoms with Crippen molar-refractivity contribution in [2.45, 2.75) is 18.9 Å². The van der Waals surface area contributed by atoms with Crippen LogP contribution in [-0.2, 0) is 0 Å². The molecule has 76 valence electrons. The summed E-state index contributed by atoms with van der Waals surface area (Å²) in [4.78, 5) is 10.6. The minimum atomic E-state index is 0.533. The fourth-order valence-electron chi connectivity index (χ4n) is 1.80. The molecule has 1 aromatic rings. The van der Waals surface area contributed by atoms with Crippen LogP contribution in [0, 0.1) is 0 Å². The largest absolute Gasteiger partial charge is 0.340 e. The van der Waals surface area contributed by atoms with Crippen LogP contribution in [0.15, 0.2) is 18.5 Å². The fraction of sp³-hybridized carbons (Fsp3) is 0.600. The van der Waals surface area contributed by atoms with E-state index in [2.05, 4.69) is 27.2 Å². The summed E-state index contributed by atoms with van der Waals surface area (Å²) < 4.78 is 0. The van der Waals surface area contributed by atoms with Crippen molar-refractivity contribution >= 4 is 5.95 Å². The summed E-state index contributed by atoms with van der Waals surface area (Å²) >= 11 is 0. The lowest BCUT2D eigenvalue weighted by molar-refractivity contribution is 0.441. The van der Waals surface area contributed by atoms with Crippen LogP contribution in [0.25, 0.3) is 0 Å². The zero-order chi connectivity index (χ0) is 9.80. The van der Waals surface area contributed by atoms with Crippen molar-refractivity contribution in [1.82, 2.24) is 15.3 Å². The first kappa shape index (κ1) is 9.40. The highest BCUT2D eigenvalue weighted by Gasteiger charge is 2.18. The number of piperidine rings is 1. The number of hydrogen-bond donors (Lipinski definition) is 1. The van der Waals surface area contributed by atoms with Crippen LogP contribution in [0.2, 0.25) is 0 Å². The standard InChI is InChI=1S/C10H16N4/c1-14(9-4-2-5-11-8-9)10-12-6-3-7-13-10/h3,6-7,9,11H,2,4-5,8H2,1H3/t9-/m0/s1. The number of aromatic nitrogens is 2. The Kier molecular flexibility index (Phi) is 2.93. The van der Waals surface area contributed by atoms with Gasteiger partial charge in [-0.2, -0.15) is 0 Å². The fourth-order valence-corrected chi connectivity index (χ4v) is 1.80. The number of anilines is 1. The molecule has 2 heterocycles. The predicted molar refractivity (Wildman–Crippen MR) is 56.3 cm³/mol. The highest BCUT2D eigenvalue weighted by Crippen LogP contribution is 2.13. The van der Waals surface area contributed by atoms with E-state index in [0.29, 0.717) is 6.04 Å². The molecule has 4 nitrogen and oxygen atoms in total. The van der Waals surface area contributed by atoms with Crippen molar-refractivity contribution < 1.29 is 0 Å². The Morgan fingerprint density at radius 2 is 2.21 bits per heavy atom. The average molecular weight is 192 g/mol. The normalized spacial score (nSPS) is 21.9. The van der Waals surface area contributed by atoms with Crippen molar-refractivity contribution in [3.8, 4) is 0 Å². The number of hydrogen-bond acceptors (Lipinski definition) is 4. The molecule has 0 bridgehead atoms. The smallest absolute Gasteiger partial charge is 0.225 e. The zero-order valence-corrected chi connectivity index (χ0v) is 8.48. The van der Waals surface area contributed by atoms with Gasteiger partial charge >= 0.3 is 0 Å². The minimum absolute atomic E-state index is 0.533. The molecule has 2 rings (SSSR count). The predicted octanol–water partition coefficient (Wildman–Crippen LogP) is 0.665. The molecule has 1 aliphatic rings. The Bertz CT molecular complexity index is 269. The lowest BCUT2D eigenvalue weighted by atomic mass is 10.1. The molecule has 1 N–H and O–H groups in total. The maximum Gasteiger partial charge on any atom is 0.225 e. The minimum Gasteiger partial charge on any atom is -0.340 e. The summed E-state index contributed by atoms with van der Waals surface area (Å²) in [5, 5.41) is 3.39. The van der Waals surface area contributed by atoms with E-state index in [1.54, 1.807) is 12.4 Å².